The maximum Gasteiger partial charge on any atom is 0.227 e. The van der Waals surface area contributed by atoms with E-state index in [1.165, 1.54) is 19.3 Å². The van der Waals surface area contributed by atoms with Crippen molar-refractivity contribution >= 4 is 5.91 Å². The molecule has 1 aromatic carbocycles. The first-order valence-electron chi connectivity index (χ1n) is 7.86. The number of methoxy groups -OCH3 is 1. The summed E-state index contributed by atoms with van der Waals surface area (Å²) in [7, 11) is 1.65. The molecule has 2 aliphatic rings. The molecular formula is C17H23NO3. The van der Waals surface area contributed by atoms with Gasteiger partial charge in [-0.25, -0.2) is 0 Å². The number of benzene rings is 1. The highest BCUT2D eigenvalue weighted by molar-refractivity contribution is 5.80. The summed E-state index contributed by atoms with van der Waals surface area (Å²) in [5, 5.41) is 3.20. The minimum Gasteiger partial charge on any atom is -0.497 e. The lowest BCUT2D eigenvalue weighted by Crippen LogP contribution is -2.43. The summed E-state index contributed by atoms with van der Waals surface area (Å²) in [6, 6.07) is 6.14. The van der Waals surface area contributed by atoms with Gasteiger partial charge in [-0.2, -0.15) is 0 Å². The maximum absolute atomic E-state index is 12.4. The van der Waals surface area contributed by atoms with Gasteiger partial charge in [-0.05, 0) is 43.0 Å². The third-order valence-electron chi connectivity index (χ3n) is 4.50. The fourth-order valence-electron chi connectivity index (χ4n) is 3.23. The molecule has 21 heavy (non-hydrogen) atoms. The molecule has 1 aliphatic carbocycles. The van der Waals surface area contributed by atoms with Crippen molar-refractivity contribution in [3.63, 3.8) is 0 Å². The Morgan fingerprint density at radius 2 is 2.10 bits per heavy atom. The molecule has 1 aromatic rings. The number of rotatable bonds is 3. The standard InChI is InChI=1S/C17H23NO3/c1-20-15-7-8-16-12(10-15)9-13(11-21-16)17(19)18-14-5-3-2-4-6-14/h7-8,10,13-14H,2-6,9,11H2,1H3,(H,18,19)/t13-/m1/s1. The first-order valence-corrected chi connectivity index (χ1v) is 7.86. The second-order valence-corrected chi connectivity index (χ2v) is 6.03. The molecule has 0 aromatic heterocycles. The van der Waals surface area contributed by atoms with E-state index in [0.29, 0.717) is 12.6 Å². The summed E-state index contributed by atoms with van der Waals surface area (Å²) >= 11 is 0. The Kier molecular flexibility index (Phi) is 4.32. The number of amides is 1. The molecule has 1 amide bonds. The summed E-state index contributed by atoms with van der Waals surface area (Å²) in [4.78, 5) is 12.4. The summed E-state index contributed by atoms with van der Waals surface area (Å²) < 4.78 is 11.0. The second kappa shape index (κ2) is 6.37. The van der Waals surface area contributed by atoms with Gasteiger partial charge in [-0.1, -0.05) is 19.3 Å². The van der Waals surface area contributed by atoms with Gasteiger partial charge < -0.3 is 14.8 Å². The number of hydrogen-bond donors (Lipinski definition) is 1. The zero-order chi connectivity index (χ0) is 14.7. The van der Waals surface area contributed by atoms with Crippen LogP contribution in [0.15, 0.2) is 18.2 Å². The predicted molar refractivity (Wildman–Crippen MR) is 80.7 cm³/mol. The van der Waals surface area contributed by atoms with Crippen molar-refractivity contribution < 1.29 is 14.3 Å². The van der Waals surface area contributed by atoms with Crippen molar-refractivity contribution in [1.82, 2.24) is 5.32 Å². The summed E-state index contributed by atoms with van der Waals surface area (Å²) in [6.45, 7) is 0.470. The monoisotopic (exact) mass is 289 g/mol. The Bertz CT molecular complexity index is 509. The van der Waals surface area contributed by atoms with Crippen molar-refractivity contribution in [1.29, 1.82) is 0 Å². The third-order valence-corrected chi connectivity index (χ3v) is 4.50. The molecule has 0 saturated heterocycles. The van der Waals surface area contributed by atoms with Crippen LogP contribution in [0, 0.1) is 5.92 Å². The minimum atomic E-state index is -0.0912. The number of carbonyl (C=O) groups excluding carboxylic acids is 1. The molecule has 114 valence electrons. The van der Waals surface area contributed by atoms with Gasteiger partial charge in [-0.15, -0.1) is 0 Å². The van der Waals surface area contributed by atoms with Crippen molar-refractivity contribution in [3.05, 3.63) is 23.8 Å². The van der Waals surface area contributed by atoms with Gasteiger partial charge in [0.1, 0.15) is 18.1 Å². The van der Waals surface area contributed by atoms with Crippen molar-refractivity contribution in [2.24, 2.45) is 5.92 Å². The topological polar surface area (TPSA) is 47.6 Å². The largest absolute Gasteiger partial charge is 0.497 e. The van der Waals surface area contributed by atoms with Crippen LogP contribution in [0.1, 0.15) is 37.7 Å². The molecule has 1 saturated carbocycles. The van der Waals surface area contributed by atoms with Crippen LogP contribution < -0.4 is 14.8 Å². The first kappa shape index (κ1) is 14.2. The van der Waals surface area contributed by atoms with E-state index < -0.39 is 0 Å². The summed E-state index contributed by atoms with van der Waals surface area (Å²) in [5.41, 5.74) is 1.06. The molecule has 0 spiro atoms. The van der Waals surface area contributed by atoms with E-state index in [-0.39, 0.29) is 11.8 Å². The normalized spacial score (nSPS) is 22.0. The second-order valence-electron chi connectivity index (χ2n) is 6.03. The van der Waals surface area contributed by atoms with Crippen LogP contribution in [0.25, 0.3) is 0 Å². The average molecular weight is 289 g/mol. The van der Waals surface area contributed by atoms with Crippen LogP contribution in [0.3, 0.4) is 0 Å². The van der Waals surface area contributed by atoms with Gasteiger partial charge in [0.05, 0.1) is 13.0 Å². The number of hydrogen-bond acceptors (Lipinski definition) is 3. The molecule has 1 aliphatic heterocycles. The molecule has 0 bridgehead atoms. The molecule has 1 fully saturated rings. The summed E-state index contributed by atoms with van der Waals surface area (Å²) in [5.74, 6) is 1.73. The lowest BCUT2D eigenvalue weighted by atomic mass is 9.92. The van der Waals surface area contributed by atoms with Crippen molar-refractivity contribution in [2.45, 2.75) is 44.6 Å². The van der Waals surface area contributed by atoms with Crippen LogP contribution in [0.2, 0.25) is 0 Å². The molecule has 0 unspecified atom stereocenters. The number of fused-ring (bicyclic) bond motifs is 1. The van der Waals surface area contributed by atoms with Crippen LogP contribution in [-0.4, -0.2) is 25.7 Å². The number of carbonyl (C=O) groups is 1. The molecule has 0 radical (unpaired) electrons. The Morgan fingerprint density at radius 3 is 2.86 bits per heavy atom. The molecule has 4 heteroatoms. The molecule has 3 rings (SSSR count). The smallest absolute Gasteiger partial charge is 0.227 e. The van der Waals surface area contributed by atoms with Crippen LogP contribution >= 0.6 is 0 Å². The predicted octanol–water partition coefficient (Wildman–Crippen LogP) is 2.70. The van der Waals surface area contributed by atoms with E-state index >= 15 is 0 Å². The summed E-state index contributed by atoms with van der Waals surface area (Å²) in [6.07, 6.45) is 6.71. The van der Waals surface area contributed by atoms with Crippen LogP contribution in [-0.2, 0) is 11.2 Å². The van der Waals surface area contributed by atoms with Gasteiger partial charge in [0.25, 0.3) is 0 Å². The average Bonchev–Trinajstić information content (AvgIpc) is 2.54. The van der Waals surface area contributed by atoms with Gasteiger partial charge in [0.2, 0.25) is 5.91 Å². The maximum atomic E-state index is 12.4. The zero-order valence-electron chi connectivity index (χ0n) is 12.6. The molecule has 1 atom stereocenters. The Balaban J connectivity index is 1.63. The molecule has 4 nitrogen and oxygen atoms in total. The third kappa shape index (κ3) is 3.31. The highest BCUT2D eigenvalue weighted by atomic mass is 16.5. The highest BCUT2D eigenvalue weighted by Crippen LogP contribution is 2.31. The Labute approximate surface area is 125 Å². The lowest BCUT2D eigenvalue weighted by molar-refractivity contribution is -0.127. The van der Waals surface area contributed by atoms with Gasteiger partial charge in [-0.3, -0.25) is 4.79 Å². The molecular weight excluding hydrogens is 266 g/mol. The van der Waals surface area contributed by atoms with Gasteiger partial charge >= 0.3 is 0 Å². The highest BCUT2D eigenvalue weighted by Gasteiger charge is 2.28. The van der Waals surface area contributed by atoms with Gasteiger partial charge in [0, 0.05) is 6.04 Å². The first-order chi connectivity index (χ1) is 10.3. The molecule has 1 heterocycles. The lowest BCUT2D eigenvalue weighted by Gasteiger charge is -2.28. The van der Waals surface area contributed by atoms with E-state index in [1.54, 1.807) is 7.11 Å². The Morgan fingerprint density at radius 1 is 1.29 bits per heavy atom. The van der Waals surface area contributed by atoms with E-state index in [9.17, 15) is 4.79 Å². The van der Waals surface area contributed by atoms with E-state index in [1.807, 2.05) is 18.2 Å². The van der Waals surface area contributed by atoms with E-state index in [4.69, 9.17) is 9.47 Å². The number of nitrogens with one attached hydrogen (secondary N) is 1. The minimum absolute atomic E-state index is 0.0912. The quantitative estimate of drug-likeness (QED) is 0.930. The fraction of sp³-hybridized carbons (Fsp3) is 0.588. The SMILES string of the molecule is COc1ccc2c(c1)C[C@@H](C(=O)NC1CCCCC1)CO2. The van der Waals surface area contributed by atoms with E-state index in [0.717, 1.165) is 36.3 Å². The van der Waals surface area contributed by atoms with Crippen molar-refractivity contribution in [2.75, 3.05) is 13.7 Å². The van der Waals surface area contributed by atoms with Crippen LogP contribution in [0.4, 0.5) is 0 Å². The van der Waals surface area contributed by atoms with Gasteiger partial charge in [0.15, 0.2) is 0 Å². The zero-order valence-corrected chi connectivity index (χ0v) is 12.6. The fourth-order valence-corrected chi connectivity index (χ4v) is 3.23. The van der Waals surface area contributed by atoms with Crippen LogP contribution in [0.5, 0.6) is 11.5 Å². The van der Waals surface area contributed by atoms with Crippen molar-refractivity contribution in [3.8, 4) is 11.5 Å². The molecule has 1 N–H and O–H groups in total. The Hall–Kier alpha value is -1.71. The number of ether oxygens (including phenoxy) is 2. The van der Waals surface area contributed by atoms with E-state index in [2.05, 4.69) is 5.32 Å².